The molecule has 0 radical (unpaired) electrons. The van der Waals surface area contributed by atoms with Gasteiger partial charge in [-0.05, 0) is 64.2 Å². The molecule has 0 N–H and O–H groups in total. The van der Waals surface area contributed by atoms with Crippen molar-refractivity contribution in [2.24, 2.45) is 0 Å². The van der Waals surface area contributed by atoms with Crippen LogP contribution in [0.5, 0.6) is 0 Å². The Morgan fingerprint density at radius 1 is 0.299 bits per heavy atom. The van der Waals surface area contributed by atoms with E-state index in [1.165, 1.54) is 154 Å². The molecule has 1 atom stereocenters. The van der Waals surface area contributed by atoms with Gasteiger partial charge in [-0.2, -0.15) is 0 Å². The third-order valence-electron chi connectivity index (χ3n) is 12.3. The molecule has 0 amide bonds. The lowest BCUT2D eigenvalue weighted by Gasteiger charge is -2.18. The molecule has 0 rings (SSSR count). The molecular weight excluding hydrogens is 829 g/mol. The second-order valence-corrected chi connectivity index (χ2v) is 19.0. The van der Waals surface area contributed by atoms with Gasteiger partial charge < -0.3 is 14.2 Å². The maximum atomic E-state index is 12.9. The highest BCUT2D eigenvalue weighted by molar-refractivity contribution is 5.71. The van der Waals surface area contributed by atoms with Crippen molar-refractivity contribution >= 4 is 17.9 Å². The van der Waals surface area contributed by atoms with Crippen LogP contribution in [0.25, 0.3) is 0 Å². The van der Waals surface area contributed by atoms with Crippen molar-refractivity contribution < 1.29 is 28.6 Å². The fourth-order valence-corrected chi connectivity index (χ4v) is 8.00. The van der Waals surface area contributed by atoms with Crippen molar-refractivity contribution in [1.82, 2.24) is 0 Å². The van der Waals surface area contributed by atoms with Crippen LogP contribution in [0.4, 0.5) is 0 Å². The SMILES string of the molecule is CCC\C=C/C=C\C=C/C=C\C=C/CCCCCCCC(=O)OCC(COC(=O)CCCCCCCCC/C=C\CCCCCC)OC(=O)CCCCCCCCCCCCCCCCCC. The molecule has 0 aromatic rings. The summed E-state index contributed by atoms with van der Waals surface area (Å²) in [5, 5.41) is 0. The van der Waals surface area contributed by atoms with Crippen LogP contribution in [0.2, 0.25) is 0 Å². The van der Waals surface area contributed by atoms with Crippen molar-refractivity contribution in [1.29, 1.82) is 0 Å². The van der Waals surface area contributed by atoms with Gasteiger partial charge in [-0.25, -0.2) is 0 Å². The van der Waals surface area contributed by atoms with E-state index in [0.717, 1.165) is 83.5 Å². The Hall–Kier alpha value is -3.15. The zero-order valence-corrected chi connectivity index (χ0v) is 44.2. The van der Waals surface area contributed by atoms with Gasteiger partial charge in [-0.1, -0.05) is 267 Å². The molecule has 0 aliphatic rings. The average molecular weight is 936 g/mol. The van der Waals surface area contributed by atoms with Crippen LogP contribution in [0.15, 0.2) is 72.9 Å². The minimum Gasteiger partial charge on any atom is -0.462 e. The lowest BCUT2D eigenvalue weighted by atomic mass is 10.0. The monoisotopic (exact) mass is 935 g/mol. The van der Waals surface area contributed by atoms with E-state index >= 15 is 0 Å². The predicted molar refractivity (Wildman–Crippen MR) is 288 cm³/mol. The summed E-state index contributed by atoms with van der Waals surface area (Å²) >= 11 is 0. The Balaban J connectivity index is 4.43. The molecule has 0 aromatic heterocycles. The highest BCUT2D eigenvalue weighted by atomic mass is 16.6. The zero-order valence-electron chi connectivity index (χ0n) is 44.2. The van der Waals surface area contributed by atoms with Gasteiger partial charge in [-0.15, -0.1) is 0 Å². The highest BCUT2D eigenvalue weighted by Crippen LogP contribution is 2.16. The van der Waals surface area contributed by atoms with Crippen molar-refractivity contribution in [3.05, 3.63) is 72.9 Å². The summed E-state index contributed by atoms with van der Waals surface area (Å²) in [6, 6.07) is 0. The molecular formula is C61H106O6. The van der Waals surface area contributed by atoms with Crippen LogP contribution in [-0.4, -0.2) is 37.2 Å². The van der Waals surface area contributed by atoms with Crippen LogP contribution in [0.1, 0.15) is 278 Å². The molecule has 0 spiro atoms. The van der Waals surface area contributed by atoms with E-state index in [-0.39, 0.29) is 31.1 Å². The van der Waals surface area contributed by atoms with E-state index in [1.807, 2.05) is 24.3 Å². The Kier molecular flexibility index (Phi) is 52.8. The van der Waals surface area contributed by atoms with Gasteiger partial charge in [-0.3, -0.25) is 14.4 Å². The Bertz CT molecular complexity index is 1260. The first-order valence-corrected chi connectivity index (χ1v) is 28.5. The first-order chi connectivity index (χ1) is 33.0. The molecule has 0 heterocycles. The van der Waals surface area contributed by atoms with E-state index in [4.69, 9.17) is 14.2 Å². The molecule has 0 saturated carbocycles. The number of carbonyl (C=O) groups is 3. The summed E-state index contributed by atoms with van der Waals surface area (Å²) in [6.07, 6.45) is 70.2. The Labute approximate surface area is 414 Å². The number of allylic oxidation sites excluding steroid dienone is 12. The van der Waals surface area contributed by atoms with Crippen molar-refractivity contribution in [3.8, 4) is 0 Å². The van der Waals surface area contributed by atoms with E-state index in [9.17, 15) is 14.4 Å². The molecule has 6 nitrogen and oxygen atoms in total. The summed E-state index contributed by atoms with van der Waals surface area (Å²) < 4.78 is 16.9. The van der Waals surface area contributed by atoms with Crippen LogP contribution in [0.3, 0.4) is 0 Å². The maximum absolute atomic E-state index is 12.9. The van der Waals surface area contributed by atoms with Gasteiger partial charge in [0.05, 0.1) is 0 Å². The van der Waals surface area contributed by atoms with E-state index in [0.29, 0.717) is 19.3 Å². The fraction of sp³-hybridized carbons (Fsp3) is 0.754. The Morgan fingerprint density at radius 3 is 0.955 bits per heavy atom. The molecule has 0 aliphatic heterocycles. The van der Waals surface area contributed by atoms with Gasteiger partial charge in [0, 0.05) is 19.3 Å². The van der Waals surface area contributed by atoms with Crippen molar-refractivity contribution in [2.75, 3.05) is 13.2 Å². The zero-order chi connectivity index (χ0) is 48.6. The largest absolute Gasteiger partial charge is 0.462 e. The number of hydrogen-bond donors (Lipinski definition) is 0. The standard InChI is InChI=1S/C61H106O6/c1-4-7-10-13-16-19-22-25-28-30-31-34-36-39-42-45-48-51-54-60(63)66-57-58(56-65-59(62)53-50-47-44-41-38-35-32-27-24-21-18-15-12-9-6-3)67-61(64)55-52-49-46-43-40-37-33-29-26-23-20-17-14-11-8-5-2/h10,13,16,19,21-22,24-25,28,30-31,34,58H,4-9,11-12,14-15,17-18,20,23,26-27,29,32-33,35-57H2,1-3H3/b13-10-,19-16-,24-21-,25-22-,30-28-,34-31-. The molecule has 0 aromatic carbocycles. The van der Waals surface area contributed by atoms with Crippen LogP contribution < -0.4 is 0 Å². The smallest absolute Gasteiger partial charge is 0.306 e. The predicted octanol–water partition coefficient (Wildman–Crippen LogP) is 19.0. The minimum atomic E-state index is -0.786. The summed E-state index contributed by atoms with van der Waals surface area (Å²) in [7, 11) is 0. The number of hydrogen-bond acceptors (Lipinski definition) is 6. The quantitative estimate of drug-likeness (QED) is 0.0199. The fourth-order valence-electron chi connectivity index (χ4n) is 8.00. The maximum Gasteiger partial charge on any atom is 0.306 e. The molecule has 0 saturated heterocycles. The van der Waals surface area contributed by atoms with Crippen LogP contribution in [0, 0.1) is 0 Å². The third kappa shape index (κ3) is 53.7. The van der Waals surface area contributed by atoms with Gasteiger partial charge in [0.2, 0.25) is 0 Å². The number of unbranched alkanes of at least 4 members (excludes halogenated alkanes) is 32. The van der Waals surface area contributed by atoms with E-state index in [1.54, 1.807) is 0 Å². The lowest BCUT2D eigenvalue weighted by molar-refractivity contribution is -0.167. The number of esters is 3. The van der Waals surface area contributed by atoms with Crippen molar-refractivity contribution in [2.45, 2.75) is 284 Å². The van der Waals surface area contributed by atoms with Crippen LogP contribution in [-0.2, 0) is 28.6 Å². The molecule has 0 fully saturated rings. The summed E-state index contributed by atoms with van der Waals surface area (Å²) in [5.74, 6) is -0.903. The van der Waals surface area contributed by atoms with Gasteiger partial charge >= 0.3 is 17.9 Å². The van der Waals surface area contributed by atoms with E-state index in [2.05, 4.69) is 69.4 Å². The molecule has 386 valence electrons. The lowest BCUT2D eigenvalue weighted by Crippen LogP contribution is -2.30. The van der Waals surface area contributed by atoms with E-state index < -0.39 is 6.10 Å². The number of rotatable bonds is 51. The molecule has 0 bridgehead atoms. The summed E-state index contributed by atoms with van der Waals surface area (Å²) in [6.45, 7) is 6.54. The summed E-state index contributed by atoms with van der Waals surface area (Å²) in [4.78, 5) is 38.1. The first kappa shape index (κ1) is 63.8. The number of carbonyl (C=O) groups excluding carboxylic acids is 3. The first-order valence-electron chi connectivity index (χ1n) is 28.5. The second-order valence-electron chi connectivity index (χ2n) is 19.0. The topological polar surface area (TPSA) is 78.9 Å². The molecule has 1 unspecified atom stereocenters. The summed E-state index contributed by atoms with van der Waals surface area (Å²) in [5.41, 5.74) is 0. The Morgan fingerprint density at radius 2 is 0.582 bits per heavy atom. The van der Waals surface area contributed by atoms with Gasteiger partial charge in [0.15, 0.2) is 6.10 Å². The highest BCUT2D eigenvalue weighted by Gasteiger charge is 2.19. The van der Waals surface area contributed by atoms with Gasteiger partial charge in [0.1, 0.15) is 13.2 Å². The normalized spacial score (nSPS) is 12.6. The van der Waals surface area contributed by atoms with Crippen molar-refractivity contribution in [3.63, 3.8) is 0 Å². The number of ether oxygens (including phenoxy) is 3. The third-order valence-corrected chi connectivity index (χ3v) is 12.3. The van der Waals surface area contributed by atoms with Gasteiger partial charge in [0.25, 0.3) is 0 Å². The second kappa shape index (κ2) is 55.4. The molecule has 67 heavy (non-hydrogen) atoms. The molecule has 6 heteroatoms. The van der Waals surface area contributed by atoms with Crippen LogP contribution >= 0.6 is 0 Å². The minimum absolute atomic E-state index is 0.0840. The molecule has 0 aliphatic carbocycles. The average Bonchev–Trinajstić information content (AvgIpc) is 3.33.